The van der Waals surface area contributed by atoms with Crippen LogP contribution in [0.3, 0.4) is 0 Å². The van der Waals surface area contributed by atoms with Crippen molar-refractivity contribution in [2.75, 3.05) is 0 Å². The summed E-state index contributed by atoms with van der Waals surface area (Å²) in [4.78, 5) is 0. The zero-order valence-electron chi connectivity index (χ0n) is 15.8. The minimum Gasteiger partial charge on any atom is -0.508 e. The molecule has 0 aliphatic heterocycles. The van der Waals surface area contributed by atoms with E-state index < -0.39 is 0 Å². The molecule has 0 saturated carbocycles. The van der Waals surface area contributed by atoms with E-state index in [1.165, 1.54) is 11.6 Å². The van der Waals surface area contributed by atoms with Gasteiger partial charge in [-0.05, 0) is 48.8 Å². The molecule has 1 aliphatic carbocycles. The molecule has 0 aromatic heterocycles. The highest BCUT2D eigenvalue weighted by Crippen LogP contribution is 2.45. The average molecular weight is 348 g/mol. The van der Waals surface area contributed by atoms with E-state index in [2.05, 4.69) is 26.8 Å². The summed E-state index contributed by atoms with van der Waals surface area (Å²) >= 11 is 0. The van der Waals surface area contributed by atoms with E-state index in [9.17, 15) is 10.2 Å². The molecule has 0 heterocycles. The van der Waals surface area contributed by atoms with Crippen LogP contribution >= 0.6 is 0 Å². The molecule has 3 rings (SSSR count). The van der Waals surface area contributed by atoms with Gasteiger partial charge in [0.15, 0.2) is 0 Å². The predicted octanol–water partition coefficient (Wildman–Crippen LogP) is 6.36. The largest absolute Gasteiger partial charge is 0.508 e. The third-order valence-corrected chi connectivity index (χ3v) is 5.42. The fourth-order valence-corrected chi connectivity index (χ4v) is 4.03. The second kappa shape index (κ2) is 7.82. The van der Waals surface area contributed by atoms with Gasteiger partial charge in [-0.2, -0.15) is 0 Å². The van der Waals surface area contributed by atoms with Crippen molar-refractivity contribution in [3.63, 3.8) is 0 Å². The molecule has 2 aromatic rings. The number of benzene rings is 2. The van der Waals surface area contributed by atoms with Crippen LogP contribution in [0, 0.1) is 11.8 Å². The van der Waals surface area contributed by atoms with Crippen molar-refractivity contribution < 1.29 is 10.2 Å². The van der Waals surface area contributed by atoms with Crippen LogP contribution in [-0.4, -0.2) is 10.2 Å². The lowest BCUT2D eigenvalue weighted by molar-refractivity contribution is 0.309. The zero-order valence-corrected chi connectivity index (χ0v) is 15.8. The second-order valence-electron chi connectivity index (χ2n) is 7.70. The van der Waals surface area contributed by atoms with Gasteiger partial charge in [-0.25, -0.2) is 0 Å². The van der Waals surface area contributed by atoms with E-state index in [-0.39, 0.29) is 17.4 Å². The Labute approximate surface area is 156 Å². The molecule has 0 bridgehead atoms. The molecular formula is C24H28O2. The van der Waals surface area contributed by atoms with Crippen molar-refractivity contribution in [2.45, 2.75) is 39.5 Å². The van der Waals surface area contributed by atoms with Crippen LogP contribution in [0.5, 0.6) is 11.5 Å². The molecule has 2 N–H and O–H groups in total. The highest BCUT2D eigenvalue weighted by molar-refractivity contribution is 5.74. The first-order valence-electron chi connectivity index (χ1n) is 9.42. The topological polar surface area (TPSA) is 40.5 Å². The molecule has 0 spiro atoms. The maximum atomic E-state index is 10.7. The number of aromatic hydroxyl groups is 2. The van der Waals surface area contributed by atoms with Crippen molar-refractivity contribution in [3.8, 4) is 11.5 Å². The Morgan fingerprint density at radius 1 is 1.04 bits per heavy atom. The van der Waals surface area contributed by atoms with E-state index in [4.69, 9.17) is 0 Å². The second-order valence-corrected chi connectivity index (χ2v) is 7.70. The summed E-state index contributed by atoms with van der Waals surface area (Å²) in [7, 11) is 0. The van der Waals surface area contributed by atoms with Crippen LogP contribution in [0.4, 0.5) is 0 Å². The van der Waals surface area contributed by atoms with Crippen LogP contribution in [0.2, 0.25) is 0 Å². The maximum Gasteiger partial charge on any atom is 0.123 e. The van der Waals surface area contributed by atoms with E-state index >= 15 is 0 Å². The molecule has 2 heteroatoms. The summed E-state index contributed by atoms with van der Waals surface area (Å²) in [6.07, 6.45) is 8.58. The molecule has 2 atom stereocenters. The van der Waals surface area contributed by atoms with Gasteiger partial charge in [0, 0.05) is 17.5 Å². The third-order valence-electron chi connectivity index (χ3n) is 5.42. The van der Waals surface area contributed by atoms with E-state index in [0.29, 0.717) is 11.8 Å². The fourth-order valence-electron chi connectivity index (χ4n) is 4.03. The maximum absolute atomic E-state index is 10.7. The van der Waals surface area contributed by atoms with Gasteiger partial charge in [0.1, 0.15) is 11.5 Å². The normalized spacial score (nSPS) is 20.5. The van der Waals surface area contributed by atoms with Crippen LogP contribution in [0.1, 0.15) is 56.2 Å². The summed E-state index contributed by atoms with van der Waals surface area (Å²) in [5.41, 5.74) is 4.27. The molecule has 0 fully saturated rings. The predicted molar refractivity (Wildman–Crippen MR) is 109 cm³/mol. The highest BCUT2D eigenvalue weighted by atomic mass is 16.3. The highest BCUT2D eigenvalue weighted by Gasteiger charge is 2.30. The van der Waals surface area contributed by atoms with E-state index in [0.717, 1.165) is 29.5 Å². The molecule has 0 amide bonds. The van der Waals surface area contributed by atoms with Crippen molar-refractivity contribution in [2.24, 2.45) is 11.8 Å². The molecule has 2 nitrogen and oxygen atoms in total. The standard InChI is InChI=1S/C24H28O2/c1-16(2)21-12-9-17(3)13-22(21)24-19(14-20(25)15-23(24)26)11-10-18-7-5-4-6-8-18/h4-8,10-11,13-16,21-22,25-26H,9,12H2,1-3H3/b11-10+/t21-,22-/m0/s1. The zero-order chi connectivity index (χ0) is 18.7. The van der Waals surface area contributed by atoms with Crippen LogP contribution in [-0.2, 0) is 0 Å². The summed E-state index contributed by atoms with van der Waals surface area (Å²) in [5, 5.41) is 20.7. The van der Waals surface area contributed by atoms with Gasteiger partial charge in [-0.3, -0.25) is 0 Å². The minimum atomic E-state index is 0.0940. The number of hydrogen-bond donors (Lipinski definition) is 2. The van der Waals surface area contributed by atoms with Crippen molar-refractivity contribution in [1.29, 1.82) is 0 Å². The molecule has 0 saturated heterocycles. The van der Waals surface area contributed by atoms with Gasteiger partial charge in [-0.15, -0.1) is 0 Å². The molecular weight excluding hydrogens is 320 g/mol. The monoisotopic (exact) mass is 348 g/mol. The van der Waals surface area contributed by atoms with Crippen molar-refractivity contribution in [3.05, 3.63) is 70.8 Å². The van der Waals surface area contributed by atoms with Crippen LogP contribution < -0.4 is 0 Å². The first-order valence-corrected chi connectivity index (χ1v) is 9.42. The van der Waals surface area contributed by atoms with Gasteiger partial charge >= 0.3 is 0 Å². The lowest BCUT2D eigenvalue weighted by atomic mass is 9.71. The number of phenolic OH excluding ortho intramolecular Hbond substituents is 2. The Morgan fingerprint density at radius 2 is 1.77 bits per heavy atom. The van der Waals surface area contributed by atoms with Gasteiger partial charge < -0.3 is 10.2 Å². The summed E-state index contributed by atoms with van der Waals surface area (Å²) < 4.78 is 0. The molecule has 0 radical (unpaired) electrons. The van der Waals surface area contributed by atoms with Gasteiger partial charge in [0.25, 0.3) is 0 Å². The molecule has 136 valence electrons. The Bertz CT molecular complexity index is 816. The van der Waals surface area contributed by atoms with Gasteiger partial charge in [-0.1, -0.05) is 68.0 Å². The third kappa shape index (κ3) is 4.01. The lowest BCUT2D eigenvalue weighted by Gasteiger charge is -2.34. The molecule has 1 aliphatic rings. The summed E-state index contributed by atoms with van der Waals surface area (Å²) in [5.74, 6) is 1.46. The molecule has 26 heavy (non-hydrogen) atoms. The average Bonchev–Trinajstić information content (AvgIpc) is 2.60. The Morgan fingerprint density at radius 3 is 2.46 bits per heavy atom. The van der Waals surface area contributed by atoms with Crippen molar-refractivity contribution in [1.82, 2.24) is 0 Å². The number of phenols is 2. The SMILES string of the molecule is CC1=C[C@H](c2c(O)cc(O)cc2/C=C/c2ccccc2)[C@H](C(C)C)CC1. The van der Waals surface area contributed by atoms with Crippen LogP contribution in [0.15, 0.2) is 54.1 Å². The molecule has 0 unspecified atom stereocenters. The fraction of sp³-hybridized carbons (Fsp3) is 0.333. The minimum absolute atomic E-state index is 0.0940. The van der Waals surface area contributed by atoms with Crippen LogP contribution in [0.25, 0.3) is 12.2 Å². The summed E-state index contributed by atoms with van der Waals surface area (Å²) in [6.45, 7) is 6.67. The summed E-state index contributed by atoms with van der Waals surface area (Å²) in [6, 6.07) is 13.3. The molecule has 2 aromatic carbocycles. The van der Waals surface area contributed by atoms with Gasteiger partial charge in [0.05, 0.1) is 0 Å². The lowest BCUT2D eigenvalue weighted by Crippen LogP contribution is -2.21. The number of allylic oxidation sites excluding steroid dienone is 2. The van der Waals surface area contributed by atoms with E-state index in [1.807, 2.05) is 42.5 Å². The van der Waals surface area contributed by atoms with Crippen molar-refractivity contribution >= 4 is 12.2 Å². The Kier molecular flexibility index (Phi) is 5.51. The Hall–Kier alpha value is -2.48. The first kappa shape index (κ1) is 18.3. The Balaban J connectivity index is 2.08. The van der Waals surface area contributed by atoms with E-state index in [1.54, 1.807) is 6.07 Å². The number of hydrogen-bond acceptors (Lipinski definition) is 2. The first-order chi connectivity index (χ1) is 12.5. The smallest absolute Gasteiger partial charge is 0.123 e. The number of rotatable bonds is 4. The van der Waals surface area contributed by atoms with Gasteiger partial charge in [0.2, 0.25) is 0 Å². The quantitative estimate of drug-likeness (QED) is 0.498.